The van der Waals surface area contributed by atoms with Crippen LogP contribution in [-0.4, -0.2) is 12.5 Å². The van der Waals surface area contributed by atoms with Crippen LogP contribution in [0.15, 0.2) is 18.2 Å². The van der Waals surface area contributed by atoms with Crippen molar-refractivity contribution in [2.75, 3.05) is 11.9 Å². The van der Waals surface area contributed by atoms with Gasteiger partial charge in [0.15, 0.2) is 0 Å². The van der Waals surface area contributed by atoms with Crippen LogP contribution in [0.4, 0.5) is 18.9 Å². The largest absolute Gasteiger partial charge is 0.418 e. The van der Waals surface area contributed by atoms with E-state index in [0.717, 1.165) is 6.07 Å². The van der Waals surface area contributed by atoms with Gasteiger partial charge in [0, 0.05) is 6.54 Å². The molecule has 1 unspecified atom stereocenters. The first-order valence-electron chi connectivity index (χ1n) is 6.45. The molecule has 1 aromatic carbocycles. The molecule has 0 bridgehead atoms. The molecule has 114 valence electrons. The predicted molar refractivity (Wildman–Crippen MR) is 72.2 cm³/mol. The van der Waals surface area contributed by atoms with Crippen molar-refractivity contribution in [3.05, 3.63) is 29.3 Å². The molecular weight excluding hydrogens is 283 g/mol. The SMILES string of the molecule is CCCC(CN)C(=O)Nc1ccc(C#N)cc1C(F)(F)F. The highest BCUT2D eigenvalue weighted by molar-refractivity contribution is 5.93. The Morgan fingerprint density at radius 3 is 2.62 bits per heavy atom. The van der Waals surface area contributed by atoms with Crippen molar-refractivity contribution < 1.29 is 18.0 Å². The van der Waals surface area contributed by atoms with Crippen molar-refractivity contribution >= 4 is 11.6 Å². The Balaban J connectivity index is 3.08. The zero-order valence-electron chi connectivity index (χ0n) is 11.5. The molecule has 0 spiro atoms. The predicted octanol–water partition coefficient (Wildman–Crippen LogP) is 2.89. The lowest BCUT2D eigenvalue weighted by Gasteiger charge is -2.17. The van der Waals surface area contributed by atoms with Gasteiger partial charge in [-0.05, 0) is 24.6 Å². The fourth-order valence-corrected chi connectivity index (χ4v) is 1.90. The summed E-state index contributed by atoms with van der Waals surface area (Å²) in [6.45, 7) is 1.93. The molecule has 0 aliphatic rings. The van der Waals surface area contributed by atoms with E-state index in [-0.39, 0.29) is 17.8 Å². The van der Waals surface area contributed by atoms with Crippen molar-refractivity contribution in [2.24, 2.45) is 11.7 Å². The molecule has 0 saturated carbocycles. The second-order valence-electron chi connectivity index (χ2n) is 4.58. The van der Waals surface area contributed by atoms with Gasteiger partial charge in [-0.1, -0.05) is 13.3 Å². The van der Waals surface area contributed by atoms with Gasteiger partial charge in [0.1, 0.15) is 0 Å². The Hall–Kier alpha value is -2.07. The van der Waals surface area contributed by atoms with Crippen molar-refractivity contribution in [3.8, 4) is 6.07 Å². The number of benzene rings is 1. The van der Waals surface area contributed by atoms with Crippen LogP contribution in [-0.2, 0) is 11.0 Å². The summed E-state index contributed by atoms with van der Waals surface area (Å²) in [7, 11) is 0. The number of carbonyl (C=O) groups excluding carboxylic acids is 1. The third-order valence-electron chi connectivity index (χ3n) is 3.00. The number of nitrogens with two attached hydrogens (primary N) is 1. The second kappa shape index (κ2) is 7.09. The first kappa shape index (κ1) is 17.0. The molecule has 1 rings (SSSR count). The summed E-state index contributed by atoms with van der Waals surface area (Å²) in [5.41, 5.74) is 3.94. The number of amides is 1. The van der Waals surface area contributed by atoms with E-state index in [1.165, 1.54) is 6.07 Å². The average Bonchev–Trinajstić information content (AvgIpc) is 2.43. The number of halogens is 3. The topological polar surface area (TPSA) is 78.9 Å². The van der Waals surface area contributed by atoms with Crippen molar-refractivity contribution in [1.29, 1.82) is 5.26 Å². The van der Waals surface area contributed by atoms with E-state index in [2.05, 4.69) is 5.32 Å². The van der Waals surface area contributed by atoms with Gasteiger partial charge in [-0.15, -0.1) is 0 Å². The van der Waals surface area contributed by atoms with Crippen LogP contribution in [0.5, 0.6) is 0 Å². The fourth-order valence-electron chi connectivity index (χ4n) is 1.90. The minimum atomic E-state index is -4.65. The lowest BCUT2D eigenvalue weighted by molar-refractivity contribution is -0.137. The third-order valence-corrected chi connectivity index (χ3v) is 3.00. The normalized spacial score (nSPS) is 12.6. The standard InChI is InChI=1S/C14H16F3N3O/c1-2-3-10(8-19)13(21)20-12-5-4-9(7-18)6-11(12)14(15,16)17/h4-6,10H,2-3,8,19H2,1H3,(H,20,21). The molecule has 0 radical (unpaired) electrons. The first-order chi connectivity index (χ1) is 9.83. The zero-order chi connectivity index (χ0) is 16.0. The molecule has 3 N–H and O–H groups in total. The van der Waals surface area contributed by atoms with E-state index in [0.29, 0.717) is 18.9 Å². The number of rotatable bonds is 5. The van der Waals surface area contributed by atoms with Crippen molar-refractivity contribution in [3.63, 3.8) is 0 Å². The highest BCUT2D eigenvalue weighted by atomic mass is 19.4. The van der Waals surface area contributed by atoms with E-state index < -0.39 is 23.6 Å². The monoisotopic (exact) mass is 299 g/mol. The molecule has 0 aromatic heterocycles. The number of alkyl halides is 3. The van der Waals surface area contributed by atoms with Crippen molar-refractivity contribution in [1.82, 2.24) is 0 Å². The summed E-state index contributed by atoms with van der Waals surface area (Å²) in [6, 6.07) is 4.66. The maximum Gasteiger partial charge on any atom is 0.418 e. The second-order valence-corrected chi connectivity index (χ2v) is 4.58. The highest BCUT2D eigenvalue weighted by Gasteiger charge is 2.34. The molecule has 0 saturated heterocycles. The van der Waals surface area contributed by atoms with Gasteiger partial charge in [-0.25, -0.2) is 0 Å². The molecule has 4 nitrogen and oxygen atoms in total. The minimum Gasteiger partial charge on any atom is -0.330 e. The summed E-state index contributed by atoms with van der Waals surface area (Å²) < 4.78 is 38.9. The lowest BCUT2D eigenvalue weighted by Crippen LogP contribution is -2.30. The summed E-state index contributed by atoms with van der Waals surface area (Å²) in [5.74, 6) is -1.08. The number of carbonyl (C=O) groups is 1. The van der Waals surface area contributed by atoms with Crippen LogP contribution in [0.2, 0.25) is 0 Å². The molecule has 7 heteroatoms. The van der Waals surface area contributed by atoms with E-state index in [1.807, 2.05) is 6.92 Å². The van der Waals surface area contributed by atoms with Gasteiger partial charge in [0.05, 0.1) is 28.8 Å². The Bertz CT molecular complexity index is 549. The van der Waals surface area contributed by atoms with Crippen LogP contribution in [0.3, 0.4) is 0 Å². The summed E-state index contributed by atoms with van der Waals surface area (Å²) in [6.07, 6.45) is -3.45. The quantitative estimate of drug-likeness (QED) is 0.877. The number of nitrogens with zero attached hydrogens (tertiary/aromatic N) is 1. The van der Waals surface area contributed by atoms with E-state index in [9.17, 15) is 18.0 Å². The zero-order valence-corrected chi connectivity index (χ0v) is 11.5. The molecular formula is C14H16F3N3O. The fraction of sp³-hybridized carbons (Fsp3) is 0.429. The summed E-state index contributed by atoms with van der Waals surface area (Å²) >= 11 is 0. The van der Waals surface area contributed by atoms with Gasteiger partial charge in [0.25, 0.3) is 0 Å². The summed E-state index contributed by atoms with van der Waals surface area (Å²) in [5, 5.41) is 10.9. The van der Waals surface area contributed by atoms with E-state index in [4.69, 9.17) is 11.0 Å². The average molecular weight is 299 g/mol. The molecule has 1 atom stereocenters. The Morgan fingerprint density at radius 2 is 2.14 bits per heavy atom. The Morgan fingerprint density at radius 1 is 1.48 bits per heavy atom. The highest BCUT2D eigenvalue weighted by Crippen LogP contribution is 2.35. The van der Waals surface area contributed by atoms with E-state index >= 15 is 0 Å². The molecule has 0 heterocycles. The maximum atomic E-state index is 13.0. The summed E-state index contributed by atoms with van der Waals surface area (Å²) in [4.78, 5) is 11.9. The smallest absolute Gasteiger partial charge is 0.330 e. The van der Waals surface area contributed by atoms with Gasteiger partial charge in [-0.3, -0.25) is 4.79 Å². The van der Waals surface area contributed by atoms with Crippen LogP contribution in [0, 0.1) is 17.2 Å². The Kier molecular flexibility index (Phi) is 5.73. The number of hydrogen-bond donors (Lipinski definition) is 2. The molecule has 0 aliphatic heterocycles. The van der Waals surface area contributed by atoms with Gasteiger partial charge in [0.2, 0.25) is 5.91 Å². The van der Waals surface area contributed by atoms with Crippen LogP contribution < -0.4 is 11.1 Å². The molecule has 1 aromatic rings. The van der Waals surface area contributed by atoms with Gasteiger partial charge >= 0.3 is 6.18 Å². The molecule has 21 heavy (non-hydrogen) atoms. The first-order valence-corrected chi connectivity index (χ1v) is 6.45. The van der Waals surface area contributed by atoms with Gasteiger partial charge in [-0.2, -0.15) is 18.4 Å². The Labute approximate surface area is 120 Å². The molecule has 0 aliphatic carbocycles. The van der Waals surface area contributed by atoms with Gasteiger partial charge < -0.3 is 11.1 Å². The number of nitrogens with one attached hydrogen (secondary N) is 1. The van der Waals surface area contributed by atoms with E-state index in [1.54, 1.807) is 6.07 Å². The number of anilines is 1. The van der Waals surface area contributed by atoms with Crippen LogP contribution in [0.25, 0.3) is 0 Å². The van der Waals surface area contributed by atoms with Crippen LogP contribution >= 0.6 is 0 Å². The minimum absolute atomic E-state index is 0.0668. The maximum absolute atomic E-state index is 13.0. The number of hydrogen-bond acceptors (Lipinski definition) is 3. The molecule has 1 amide bonds. The number of nitriles is 1. The van der Waals surface area contributed by atoms with Crippen LogP contribution in [0.1, 0.15) is 30.9 Å². The van der Waals surface area contributed by atoms with Crippen molar-refractivity contribution in [2.45, 2.75) is 25.9 Å². The third kappa shape index (κ3) is 4.46. The lowest BCUT2D eigenvalue weighted by atomic mass is 10.0. The molecule has 0 fully saturated rings.